The maximum absolute atomic E-state index is 2.27. The second kappa shape index (κ2) is 17.7. The van der Waals surface area contributed by atoms with Gasteiger partial charge in [-0.1, -0.05) is 243 Å². The van der Waals surface area contributed by atoms with Gasteiger partial charge in [0.25, 0.3) is 0 Å². The molecule has 266 valence electrons. The molecule has 0 N–H and O–H groups in total. The summed E-state index contributed by atoms with van der Waals surface area (Å²) in [5.74, 6) is 0. The van der Waals surface area contributed by atoms with E-state index >= 15 is 0 Å². The molecule has 8 aromatic rings. The minimum Gasteiger partial charge on any atom is -0.0622 e. The summed E-state index contributed by atoms with van der Waals surface area (Å²) in [7, 11) is 0. The van der Waals surface area contributed by atoms with E-state index in [0.29, 0.717) is 0 Å². The Labute approximate surface area is 331 Å². The van der Waals surface area contributed by atoms with Gasteiger partial charge in [0.05, 0.1) is 0 Å². The maximum atomic E-state index is 2.27. The summed E-state index contributed by atoms with van der Waals surface area (Å²) in [5.41, 5.74) is 16.7. The third kappa shape index (κ3) is 9.26. The van der Waals surface area contributed by atoms with Gasteiger partial charge >= 0.3 is 0 Å². The molecule has 0 fully saturated rings. The van der Waals surface area contributed by atoms with Crippen LogP contribution in [0.2, 0.25) is 0 Å². The normalized spacial score (nSPS) is 11.1. The third-order valence-corrected chi connectivity index (χ3v) is 9.93. The van der Waals surface area contributed by atoms with Gasteiger partial charge in [-0.3, -0.25) is 0 Å². The van der Waals surface area contributed by atoms with E-state index in [9.17, 15) is 0 Å². The van der Waals surface area contributed by atoms with E-state index in [-0.39, 0.29) is 0 Å². The molecular formula is C56H42. The molecule has 0 radical (unpaired) electrons. The average Bonchev–Trinajstić information content (AvgIpc) is 3.28. The van der Waals surface area contributed by atoms with Crippen molar-refractivity contribution in [1.82, 2.24) is 0 Å². The lowest BCUT2D eigenvalue weighted by molar-refractivity contribution is 1.55. The van der Waals surface area contributed by atoms with Crippen LogP contribution in [0.4, 0.5) is 0 Å². The Morgan fingerprint density at radius 3 is 0.679 bits per heavy atom. The number of rotatable bonds is 11. The van der Waals surface area contributed by atoms with E-state index in [0.717, 1.165) is 0 Å². The largest absolute Gasteiger partial charge is 0.0622 e. The van der Waals surface area contributed by atoms with Crippen molar-refractivity contribution >= 4 is 47.6 Å². The van der Waals surface area contributed by atoms with E-state index < -0.39 is 0 Å². The lowest BCUT2D eigenvalue weighted by Crippen LogP contribution is -1.88. The molecule has 0 nitrogen and oxygen atoms in total. The number of hydrogen-bond acceptors (Lipinski definition) is 0. The molecule has 56 heavy (non-hydrogen) atoms. The molecule has 8 rings (SSSR count). The van der Waals surface area contributed by atoms with Gasteiger partial charge in [-0.25, -0.2) is 0 Å². The summed E-state index contributed by atoms with van der Waals surface area (Å²) >= 11 is 0. The Hall–Kier alpha value is -7.28. The van der Waals surface area contributed by atoms with Crippen molar-refractivity contribution in [3.63, 3.8) is 0 Å². The van der Waals surface area contributed by atoms with Crippen molar-refractivity contribution in [2.75, 3.05) is 0 Å². The molecule has 0 atom stereocenters. The van der Waals surface area contributed by atoms with Crippen LogP contribution in [0.15, 0.2) is 218 Å². The summed E-state index contributed by atoms with van der Waals surface area (Å²) < 4.78 is 0. The van der Waals surface area contributed by atoms with E-state index in [1.807, 2.05) is 0 Å². The van der Waals surface area contributed by atoms with E-state index in [2.05, 4.69) is 255 Å². The SMILES string of the molecule is C(=C(c1ccccc1)c1ccccc1)c1ccc(/C=C/c2ccc(-c3ccc(/C=C/c4ccc(C=C(c5ccccc5)c5ccccc5)cc4)cc3)cc2)cc1. The molecule has 0 aliphatic heterocycles. The summed E-state index contributed by atoms with van der Waals surface area (Å²) in [6, 6.07) is 77.4. The summed E-state index contributed by atoms with van der Waals surface area (Å²) in [6.07, 6.45) is 13.2. The standard InChI is InChI=1S/C56H42/c1-5-13-51(14-6-1)55(52-15-7-2-8-16-52)41-47-29-25-43(26-30-47)21-23-45-33-37-49(38-34-45)50-39-35-46(36-40-50)24-22-44-27-31-48(32-28-44)42-56(53-17-9-3-10-18-53)54-19-11-4-12-20-54/h1-42H/b23-21+,24-22+. The van der Waals surface area contributed by atoms with Crippen molar-refractivity contribution in [3.8, 4) is 11.1 Å². The van der Waals surface area contributed by atoms with Crippen LogP contribution in [0.3, 0.4) is 0 Å². The zero-order valence-corrected chi connectivity index (χ0v) is 31.2. The van der Waals surface area contributed by atoms with Crippen LogP contribution in [0.1, 0.15) is 55.6 Å². The Morgan fingerprint density at radius 1 is 0.214 bits per heavy atom. The fourth-order valence-electron chi connectivity index (χ4n) is 6.84. The maximum Gasteiger partial charge on any atom is -0.0105 e. The molecule has 0 aliphatic rings. The van der Waals surface area contributed by atoms with Gasteiger partial charge in [-0.2, -0.15) is 0 Å². The molecule has 0 saturated carbocycles. The molecule has 0 saturated heterocycles. The first-order valence-corrected chi connectivity index (χ1v) is 19.2. The van der Waals surface area contributed by atoms with Crippen LogP contribution >= 0.6 is 0 Å². The Balaban J connectivity index is 0.893. The predicted octanol–water partition coefficient (Wildman–Crippen LogP) is 14.9. The van der Waals surface area contributed by atoms with Crippen LogP contribution in [0.5, 0.6) is 0 Å². The van der Waals surface area contributed by atoms with Gasteiger partial charge in [0.15, 0.2) is 0 Å². The molecule has 0 spiro atoms. The first-order valence-electron chi connectivity index (χ1n) is 19.2. The van der Waals surface area contributed by atoms with Gasteiger partial charge in [0.1, 0.15) is 0 Å². The molecule has 0 aromatic heterocycles. The Bertz CT molecular complexity index is 2300. The highest BCUT2D eigenvalue weighted by molar-refractivity contribution is 5.92. The predicted molar refractivity (Wildman–Crippen MR) is 242 cm³/mol. The average molecular weight is 715 g/mol. The molecule has 0 heteroatoms. The van der Waals surface area contributed by atoms with Crippen molar-refractivity contribution in [2.45, 2.75) is 0 Å². The highest BCUT2D eigenvalue weighted by Gasteiger charge is 2.06. The first kappa shape index (κ1) is 35.7. The van der Waals surface area contributed by atoms with Crippen molar-refractivity contribution in [1.29, 1.82) is 0 Å². The quantitative estimate of drug-likeness (QED) is 0.117. The van der Waals surface area contributed by atoms with Gasteiger partial charge < -0.3 is 0 Å². The molecule has 8 aromatic carbocycles. The number of benzene rings is 8. The minimum atomic E-state index is 1.17. The first-order chi connectivity index (χ1) is 27.7. The fourth-order valence-corrected chi connectivity index (χ4v) is 6.84. The minimum absolute atomic E-state index is 1.17. The van der Waals surface area contributed by atoms with Crippen molar-refractivity contribution in [2.24, 2.45) is 0 Å². The van der Waals surface area contributed by atoms with E-state index in [1.54, 1.807) is 0 Å². The molecule has 0 unspecified atom stereocenters. The molecule has 0 amide bonds. The van der Waals surface area contributed by atoms with E-state index in [4.69, 9.17) is 0 Å². The Kier molecular flexibility index (Phi) is 11.3. The lowest BCUT2D eigenvalue weighted by Gasteiger charge is -2.09. The second-order valence-corrected chi connectivity index (χ2v) is 13.8. The van der Waals surface area contributed by atoms with Gasteiger partial charge in [0.2, 0.25) is 0 Å². The van der Waals surface area contributed by atoms with Crippen LogP contribution < -0.4 is 0 Å². The monoisotopic (exact) mass is 714 g/mol. The topological polar surface area (TPSA) is 0 Å². The summed E-state index contributed by atoms with van der Waals surface area (Å²) in [5, 5.41) is 0. The third-order valence-electron chi connectivity index (χ3n) is 9.93. The number of hydrogen-bond donors (Lipinski definition) is 0. The Morgan fingerprint density at radius 2 is 0.429 bits per heavy atom. The molecule has 0 heterocycles. The van der Waals surface area contributed by atoms with Gasteiger partial charge in [0, 0.05) is 0 Å². The highest BCUT2D eigenvalue weighted by Crippen LogP contribution is 2.28. The summed E-state index contributed by atoms with van der Waals surface area (Å²) in [4.78, 5) is 0. The van der Waals surface area contributed by atoms with Crippen LogP contribution in [-0.2, 0) is 0 Å². The van der Waals surface area contributed by atoms with Gasteiger partial charge in [-0.15, -0.1) is 0 Å². The van der Waals surface area contributed by atoms with Crippen LogP contribution in [0.25, 0.3) is 58.7 Å². The molecule has 0 aliphatic carbocycles. The molecule has 0 bridgehead atoms. The van der Waals surface area contributed by atoms with Crippen LogP contribution in [0, 0.1) is 0 Å². The van der Waals surface area contributed by atoms with Crippen molar-refractivity contribution in [3.05, 3.63) is 274 Å². The van der Waals surface area contributed by atoms with Crippen molar-refractivity contribution < 1.29 is 0 Å². The lowest BCUT2D eigenvalue weighted by atomic mass is 9.95. The zero-order valence-electron chi connectivity index (χ0n) is 31.2. The van der Waals surface area contributed by atoms with E-state index in [1.165, 1.54) is 77.9 Å². The highest BCUT2D eigenvalue weighted by atomic mass is 14.1. The fraction of sp³-hybridized carbons (Fsp3) is 0. The second-order valence-electron chi connectivity index (χ2n) is 13.8. The van der Waals surface area contributed by atoms with Gasteiger partial charge in [-0.05, 0) is 90.1 Å². The zero-order chi connectivity index (χ0) is 37.8. The van der Waals surface area contributed by atoms with Crippen LogP contribution in [-0.4, -0.2) is 0 Å². The molecular weight excluding hydrogens is 673 g/mol. The summed E-state index contributed by atoms with van der Waals surface area (Å²) in [6.45, 7) is 0. The smallest absolute Gasteiger partial charge is 0.0105 e.